The van der Waals surface area contributed by atoms with Crippen LogP contribution in [0.4, 0.5) is 0 Å². The minimum absolute atomic E-state index is 0.287. The van der Waals surface area contributed by atoms with Crippen molar-refractivity contribution in [3.8, 4) is 0 Å². The first kappa shape index (κ1) is 12.1. The van der Waals surface area contributed by atoms with Crippen LogP contribution in [0.15, 0.2) is 12.2 Å². The highest BCUT2D eigenvalue weighted by molar-refractivity contribution is 6.13. The largest absolute Gasteiger partial charge is 0.550 e. The van der Waals surface area contributed by atoms with E-state index in [-0.39, 0.29) is 11.8 Å². The number of rotatable bonds is 2. The number of nitrogens with zero attached hydrogens (tertiary/aromatic N) is 1. The molecule has 0 aromatic rings. The molecular formula is C15H16NO4-. The molecular weight excluding hydrogens is 258 g/mol. The predicted molar refractivity (Wildman–Crippen MR) is 65.8 cm³/mol. The van der Waals surface area contributed by atoms with Gasteiger partial charge in [-0.05, 0) is 50.4 Å². The third-order valence-electron chi connectivity index (χ3n) is 5.75. The van der Waals surface area contributed by atoms with Crippen LogP contribution in [-0.4, -0.2) is 28.2 Å². The Morgan fingerprint density at radius 3 is 2.15 bits per heavy atom. The fraction of sp³-hybridized carbons (Fsp3) is 0.667. The van der Waals surface area contributed by atoms with Crippen molar-refractivity contribution in [2.24, 2.45) is 17.3 Å². The lowest BCUT2D eigenvalue weighted by molar-refractivity contribution is -0.329. The summed E-state index contributed by atoms with van der Waals surface area (Å²) in [5.74, 6) is -0.968. The van der Waals surface area contributed by atoms with Crippen molar-refractivity contribution in [2.45, 2.75) is 44.1 Å². The van der Waals surface area contributed by atoms with Gasteiger partial charge in [0.2, 0.25) is 0 Å². The fourth-order valence-corrected chi connectivity index (χ4v) is 5.58. The van der Waals surface area contributed by atoms with Gasteiger partial charge in [-0.15, -0.1) is 0 Å². The Morgan fingerprint density at radius 1 is 1.10 bits per heavy atom. The molecule has 0 aromatic carbocycles. The lowest BCUT2D eigenvalue weighted by Crippen LogP contribution is -2.67. The van der Waals surface area contributed by atoms with Gasteiger partial charge in [-0.3, -0.25) is 14.5 Å². The Balaban J connectivity index is 1.78. The Labute approximate surface area is 116 Å². The van der Waals surface area contributed by atoms with Crippen LogP contribution in [0.1, 0.15) is 38.5 Å². The highest BCUT2D eigenvalue weighted by Crippen LogP contribution is 2.63. The van der Waals surface area contributed by atoms with Gasteiger partial charge in [0.1, 0.15) is 0 Å². The number of amides is 2. The van der Waals surface area contributed by atoms with E-state index in [1.54, 1.807) is 0 Å². The zero-order valence-corrected chi connectivity index (χ0v) is 11.1. The second kappa shape index (κ2) is 3.51. The molecule has 2 unspecified atom stereocenters. The van der Waals surface area contributed by atoms with E-state index in [9.17, 15) is 19.5 Å². The number of carboxylic acid groups (broad SMARTS) is 1. The molecule has 1 heterocycles. The molecule has 106 valence electrons. The van der Waals surface area contributed by atoms with Gasteiger partial charge in [0.25, 0.3) is 11.8 Å². The van der Waals surface area contributed by atoms with Crippen LogP contribution in [0, 0.1) is 17.3 Å². The second-order valence-corrected chi connectivity index (χ2v) is 7.10. The van der Waals surface area contributed by atoms with Crippen LogP contribution in [0.5, 0.6) is 0 Å². The first-order valence-corrected chi connectivity index (χ1v) is 7.22. The third-order valence-corrected chi connectivity index (χ3v) is 5.75. The van der Waals surface area contributed by atoms with Gasteiger partial charge >= 0.3 is 0 Å². The zero-order valence-electron chi connectivity index (χ0n) is 11.1. The van der Waals surface area contributed by atoms with Crippen molar-refractivity contribution in [1.82, 2.24) is 4.90 Å². The molecule has 0 spiro atoms. The van der Waals surface area contributed by atoms with Crippen molar-refractivity contribution in [3.63, 3.8) is 0 Å². The highest BCUT2D eigenvalue weighted by atomic mass is 16.4. The molecule has 0 aromatic heterocycles. The summed E-state index contributed by atoms with van der Waals surface area (Å²) in [6.07, 6.45) is 6.83. The summed E-state index contributed by atoms with van der Waals surface area (Å²) in [4.78, 5) is 37.1. The van der Waals surface area contributed by atoms with Gasteiger partial charge in [0.05, 0.1) is 5.54 Å². The number of hydrogen-bond acceptors (Lipinski definition) is 4. The molecule has 0 radical (unpaired) electrons. The molecule has 2 atom stereocenters. The van der Waals surface area contributed by atoms with Gasteiger partial charge in [-0.2, -0.15) is 0 Å². The van der Waals surface area contributed by atoms with Crippen LogP contribution in [-0.2, 0) is 14.4 Å². The number of imide groups is 1. The molecule has 4 bridgehead atoms. The predicted octanol–water partition coefficient (Wildman–Crippen LogP) is 0.000300. The SMILES string of the molecule is O=C1C=CC(=O)N1C12CC3CC(CC(C(=O)[O-])(C3)C1)C2. The monoisotopic (exact) mass is 274 g/mol. The van der Waals surface area contributed by atoms with Gasteiger partial charge in [0, 0.05) is 23.5 Å². The van der Waals surface area contributed by atoms with Crippen molar-refractivity contribution in [2.75, 3.05) is 0 Å². The molecule has 5 rings (SSSR count). The Hall–Kier alpha value is -1.65. The second-order valence-electron chi connectivity index (χ2n) is 7.10. The standard InChI is InChI=1S/C15H17NO4/c17-11-1-2-12(18)16(11)15-6-9-3-10(7-15)5-14(4-9,8-15)13(19)20/h1-2,9-10H,3-8H2,(H,19,20)/p-1. The number of carboxylic acids is 1. The lowest BCUT2D eigenvalue weighted by Gasteiger charge is -2.64. The van der Waals surface area contributed by atoms with E-state index >= 15 is 0 Å². The summed E-state index contributed by atoms with van der Waals surface area (Å²) < 4.78 is 0. The molecule has 5 heteroatoms. The van der Waals surface area contributed by atoms with Gasteiger partial charge in [-0.1, -0.05) is 0 Å². The molecule has 0 N–H and O–H groups in total. The highest BCUT2D eigenvalue weighted by Gasteiger charge is 2.62. The first-order chi connectivity index (χ1) is 9.44. The summed E-state index contributed by atoms with van der Waals surface area (Å²) in [6.45, 7) is 0. The van der Waals surface area contributed by atoms with Crippen LogP contribution >= 0.6 is 0 Å². The van der Waals surface area contributed by atoms with Crippen molar-refractivity contribution in [1.29, 1.82) is 0 Å². The molecule has 4 saturated carbocycles. The van der Waals surface area contributed by atoms with Crippen LogP contribution in [0.25, 0.3) is 0 Å². The summed E-state index contributed by atoms with van der Waals surface area (Å²) >= 11 is 0. The lowest BCUT2D eigenvalue weighted by atomic mass is 9.46. The fourth-order valence-electron chi connectivity index (χ4n) is 5.58. The average Bonchev–Trinajstić information content (AvgIpc) is 2.67. The number of aliphatic carboxylic acids is 1. The summed E-state index contributed by atoms with van der Waals surface area (Å²) in [5.41, 5.74) is -1.41. The van der Waals surface area contributed by atoms with Crippen LogP contribution in [0.2, 0.25) is 0 Å². The maximum atomic E-state index is 12.0. The van der Waals surface area contributed by atoms with Crippen LogP contribution in [0.3, 0.4) is 0 Å². The van der Waals surface area contributed by atoms with E-state index in [2.05, 4.69) is 0 Å². The molecule has 4 aliphatic carbocycles. The Morgan fingerprint density at radius 2 is 1.65 bits per heavy atom. The summed E-state index contributed by atoms with van der Waals surface area (Å²) in [7, 11) is 0. The quantitative estimate of drug-likeness (QED) is 0.664. The average molecular weight is 274 g/mol. The zero-order chi connectivity index (χ0) is 14.1. The minimum Gasteiger partial charge on any atom is -0.550 e. The molecule has 1 aliphatic heterocycles. The Kier molecular flexibility index (Phi) is 2.13. The normalized spacial score (nSPS) is 45.5. The first-order valence-electron chi connectivity index (χ1n) is 7.22. The molecule has 4 fully saturated rings. The molecule has 5 nitrogen and oxygen atoms in total. The smallest absolute Gasteiger partial charge is 0.254 e. The molecule has 0 saturated heterocycles. The number of carbonyl (C=O) groups excluding carboxylic acids is 3. The van der Waals surface area contributed by atoms with E-state index < -0.39 is 16.9 Å². The van der Waals surface area contributed by atoms with Gasteiger partial charge in [-0.25, -0.2) is 0 Å². The maximum Gasteiger partial charge on any atom is 0.254 e. The van der Waals surface area contributed by atoms with Crippen molar-refractivity contribution < 1.29 is 19.5 Å². The van der Waals surface area contributed by atoms with E-state index in [1.807, 2.05) is 0 Å². The molecule has 2 amide bonds. The van der Waals surface area contributed by atoms with Gasteiger partial charge < -0.3 is 9.90 Å². The van der Waals surface area contributed by atoms with Crippen molar-refractivity contribution in [3.05, 3.63) is 12.2 Å². The summed E-state index contributed by atoms with van der Waals surface area (Å²) in [5, 5.41) is 11.7. The van der Waals surface area contributed by atoms with E-state index in [0.29, 0.717) is 31.1 Å². The van der Waals surface area contributed by atoms with E-state index in [4.69, 9.17) is 0 Å². The number of hydrogen-bond donors (Lipinski definition) is 0. The Bertz CT molecular complexity index is 532. The molecule has 5 aliphatic rings. The van der Waals surface area contributed by atoms with Crippen LogP contribution < -0.4 is 5.11 Å². The molecule has 20 heavy (non-hydrogen) atoms. The summed E-state index contributed by atoms with van der Waals surface area (Å²) in [6, 6.07) is 0. The minimum atomic E-state index is -0.997. The van der Waals surface area contributed by atoms with E-state index in [0.717, 1.165) is 19.3 Å². The maximum absolute atomic E-state index is 12.0. The third kappa shape index (κ3) is 1.35. The van der Waals surface area contributed by atoms with Crippen molar-refractivity contribution >= 4 is 17.8 Å². The van der Waals surface area contributed by atoms with Gasteiger partial charge in [0.15, 0.2) is 0 Å². The topological polar surface area (TPSA) is 77.5 Å². The number of carbonyl (C=O) groups is 3. The van der Waals surface area contributed by atoms with E-state index in [1.165, 1.54) is 17.1 Å².